The van der Waals surface area contributed by atoms with Crippen LogP contribution in [0.4, 0.5) is 0 Å². The van der Waals surface area contributed by atoms with Gasteiger partial charge < -0.3 is 14.3 Å². The van der Waals surface area contributed by atoms with Gasteiger partial charge in [0.1, 0.15) is 5.75 Å². The van der Waals surface area contributed by atoms with Gasteiger partial charge in [-0.2, -0.15) is 0 Å². The van der Waals surface area contributed by atoms with Crippen LogP contribution in [0, 0.1) is 6.92 Å². The van der Waals surface area contributed by atoms with Gasteiger partial charge in [-0.1, -0.05) is 11.8 Å². The molecule has 26 heavy (non-hydrogen) atoms. The van der Waals surface area contributed by atoms with Crippen molar-refractivity contribution in [2.75, 3.05) is 12.9 Å². The van der Waals surface area contributed by atoms with Crippen LogP contribution in [-0.2, 0) is 6.42 Å². The predicted molar refractivity (Wildman–Crippen MR) is 105 cm³/mol. The van der Waals surface area contributed by atoms with Gasteiger partial charge in [-0.05, 0) is 49.7 Å². The summed E-state index contributed by atoms with van der Waals surface area (Å²) in [6, 6.07) is 12.2. The molecular formula is C20H20N4OS. The molecule has 0 unspecified atom stereocenters. The van der Waals surface area contributed by atoms with Crippen LogP contribution in [0.2, 0.25) is 0 Å². The van der Waals surface area contributed by atoms with E-state index >= 15 is 0 Å². The number of hydrogen-bond donors (Lipinski definition) is 1. The van der Waals surface area contributed by atoms with Crippen molar-refractivity contribution in [1.29, 1.82) is 0 Å². The van der Waals surface area contributed by atoms with E-state index in [0.29, 0.717) is 0 Å². The summed E-state index contributed by atoms with van der Waals surface area (Å²) in [5.74, 6) is 1.80. The lowest BCUT2D eigenvalue weighted by molar-refractivity contribution is 0.410. The van der Waals surface area contributed by atoms with Crippen LogP contribution in [0.25, 0.3) is 16.7 Å². The molecule has 0 fully saturated rings. The molecule has 5 nitrogen and oxygen atoms in total. The summed E-state index contributed by atoms with van der Waals surface area (Å²) in [5, 5.41) is 0.935. The molecule has 0 aliphatic rings. The quantitative estimate of drug-likeness (QED) is 0.515. The average molecular weight is 364 g/mol. The number of aromatic nitrogens is 4. The molecule has 0 bridgehead atoms. The Morgan fingerprint density at radius 2 is 2.04 bits per heavy atom. The van der Waals surface area contributed by atoms with Crippen molar-refractivity contribution in [3.05, 3.63) is 66.2 Å². The molecular weight excluding hydrogens is 344 g/mol. The van der Waals surface area contributed by atoms with E-state index in [1.165, 1.54) is 0 Å². The van der Waals surface area contributed by atoms with Gasteiger partial charge in [0.25, 0.3) is 0 Å². The molecule has 3 heterocycles. The minimum Gasteiger partial charge on any atom is -0.496 e. The number of methoxy groups -OCH3 is 1. The van der Waals surface area contributed by atoms with Crippen LogP contribution in [0.5, 0.6) is 5.75 Å². The SMILES string of the molecule is COc1ccnc(CCSc2nc3ccc(-n4cccc4)cc3[nH]2)c1C. The molecule has 1 aromatic carbocycles. The van der Waals surface area contributed by atoms with Crippen molar-refractivity contribution in [2.24, 2.45) is 0 Å². The lowest BCUT2D eigenvalue weighted by Gasteiger charge is -2.08. The normalized spacial score (nSPS) is 11.2. The van der Waals surface area contributed by atoms with Gasteiger partial charge >= 0.3 is 0 Å². The highest BCUT2D eigenvalue weighted by atomic mass is 32.2. The first-order valence-corrected chi connectivity index (χ1v) is 9.47. The largest absolute Gasteiger partial charge is 0.496 e. The highest BCUT2D eigenvalue weighted by Gasteiger charge is 2.08. The number of imidazole rings is 1. The molecule has 0 saturated heterocycles. The van der Waals surface area contributed by atoms with E-state index in [2.05, 4.69) is 44.6 Å². The maximum atomic E-state index is 5.36. The highest BCUT2D eigenvalue weighted by molar-refractivity contribution is 7.99. The average Bonchev–Trinajstić information content (AvgIpc) is 3.32. The number of benzene rings is 1. The predicted octanol–water partition coefficient (Wildman–Crippen LogP) is 4.40. The number of pyridine rings is 1. The fraction of sp³-hybridized carbons (Fsp3) is 0.200. The smallest absolute Gasteiger partial charge is 0.166 e. The van der Waals surface area contributed by atoms with E-state index in [4.69, 9.17) is 4.74 Å². The van der Waals surface area contributed by atoms with Gasteiger partial charge in [-0.3, -0.25) is 4.98 Å². The second-order valence-electron chi connectivity index (χ2n) is 6.02. The van der Waals surface area contributed by atoms with Gasteiger partial charge in [0.2, 0.25) is 0 Å². The molecule has 0 aliphatic carbocycles. The minimum atomic E-state index is 0.874. The number of ether oxygens (including phenoxy) is 1. The highest BCUT2D eigenvalue weighted by Crippen LogP contribution is 2.24. The fourth-order valence-electron chi connectivity index (χ4n) is 2.99. The Kier molecular flexibility index (Phi) is 4.67. The number of nitrogens with zero attached hydrogens (tertiary/aromatic N) is 3. The Hall–Kier alpha value is -2.73. The van der Waals surface area contributed by atoms with Crippen LogP contribution in [-0.4, -0.2) is 32.4 Å². The third-order valence-electron chi connectivity index (χ3n) is 4.40. The molecule has 0 saturated carbocycles. The lowest BCUT2D eigenvalue weighted by Crippen LogP contribution is -1.99. The van der Waals surface area contributed by atoms with Crippen LogP contribution >= 0.6 is 11.8 Å². The van der Waals surface area contributed by atoms with Gasteiger partial charge in [0.15, 0.2) is 5.16 Å². The van der Waals surface area contributed by atoms with Crippen LogP contribution in [0.3, 0.4) is 0 Å². The van der Waals surface area contributed by atoms with Crippen molar-refractivity contribution in [2.45, 2.75) is 18.5 Å². The Labute approximate surface area is 156 Å². The van der Waals surface area contributed by atoms with E-state index in [1.807, 2.05) is 30.6 Å². The summed E-state index contributed by atoms with van der Waals surface area (Å²) in [5.41, 5.74) is 5.34. The maximum absolute atomic E-state index is 5.36. The van der Waals surface area contributed by atoms with E-state index in [9.17, 15) is 0 Å². The summed E-state index contributed by atoms with van der Waals surface area (Å²) >= 11 is 1.71. The van der Waals surface area contributed by atoms with E-state index in [-0.39, 0.29) is 0 Å². The number of nitrogens with one attached hydrogen (secondary N) is 1. The molecule has 0 amide bonds. The summed E-state index contributed by atoms with van der Waals surface area (Å²) in [6.45, 7) is 2.05. The molecule has 1 N–H and O–H groups in total. The standard InChI is InChI=1S/C20H20N4OS/c1-14-16(21-9-7-19(14)25-2)8-12-26-20-22-17-6-5-15(13-18(17)23-20)24-10-3-4-11-24/h3-7,9-11,13H,8,12H2,1-2H3,(H,22,23). The molecule has 6 heteroatoms. The number of thioether (sulfide) groups is 1. The Morgan fingerprint density at radius 1 is 1.19 bits per heavy atom. The van der Waals surface area contributed by atoms with E-state index in [0.717, 1.165) is 51.1 Å². The first-order valence-electron chi connectivity index (χ1n) is 8.49. The van der Waals surface area contributed by atoms with Gasteiger partial charge in [0.05, 0.1) is 18.1 Å². The van der Waals surface area contributed by atoms with Gasteiger partial charge in [-0.25, -0.2) is 4.98 Å². The first-order chi connectivity index (χ1) is 12.7. The van der Waals surface area contributed by atoms with Crippen LogP contribution < -0.4 is 4.74 Å². The molecule has 4 rings (SSSR count). The number of fused-ring (bicyclic) bond motifs is 1. The molecule has 4 aromatic rings. The van der Waals surface area contributed by atoms with Crippen molar-refractivity contribution in [3.8, 4) is 11.4 Å². The molecule has 0 radical (unpaired) electrons. The molecule has 0 atom stereocenters. The van der Waals surface area contributed by atoms with Crippen molar-refractivity contribution >= 4 is 22.8 Å². The minimum absolute atomic E-state index is 0.874. The number of rotatable bonds is 6. The number of aromatic amines is 1. The zero-order valence-corrected chi connectivity index (χ0v) is 15.6. The zero-order valence-electron chi connectivity index (χ0n) is 14.8. The summed E-state index contributed by atoms with van der Waals surface area (Å²) < 4.78 is 7.45. The lowest BCUT2D eigenvalue weighted by atomic mass is 10.1. The zero-order chi connectivity index (χ0) is 17.9. The third-order valence-corrected chi connectivity index (χ3v) is 5.28. The summed E-state index contributed by atoms with van der Waals surface area (Å²) in [4.78, 5) is 12.6. The molecule has 0 spiro atoms. The third kappa shape index (κ3) is 3.32. The summed E-state index contributed by atoms with van der Waals surface area (Å²) in [7, 11) is 1.69. The van der Waals surface area contributed by atoms with Crippen molar-refractivity contribution in [1.82, 2.24) is 19.5 Å². The fourth-order valence-corrected chi connectivity index (χ4v) is 3.82. The van der Waals surface area contributed by atoms with E-state index in [1.54, 1.807) is 25.1 Å². The topological polar surface area (TPSA) is 55.7 Å². The second kappa shape index (κ2) is 7.25. The van der Waals surface area contributed by atoms with Crippen molar-refractivity contribution in [3.63, 3.8) is 0 Å². The molecule has 3 aromatic heterocycles. The van der Waals surface area contributed by atoms with E-state index < -0.39 is 0 Å². The van der Waals surface area contributed by atoms with Crippen molar-refractivity contribution < 1.29 is 4.74 Å². The number of aryl methyl sites for hydroxylation is 1. The maximum Gasteiger partial charge on any atom is 0.166 e. The molecule has 0 aliphatic heterocycles. The second-order valence-corrected chi connectivity index (χ2v) is 7.10. The van der Waals surface area contributed by atoms with Gasteiger partial charge in [-0.15, -0.1) is 0 Å². The first kappa shape index (κ1) is 16.7. The van der Waals surface area contributed by atoms with Crippen LogP contribution in [0.15, 0.2) is 60.1 Å². The summed E-state index contributed by atoms with van der Waals surface area (Å²) in [6.07, 6.45) is 6.75. The number of H-pyrrole nitrogens is 1. The van der Waals surface area contributed by atoms with Crippen LogP contribution in [0.1, 0.15) is 11.3 Å². The van der Waals surface area contributed by atoms with Gasteiger partial charge in [0, 0.05) is 41.3 Å². The molecule has 132 valence electrons. The Balaban J connectivity index is 1.46. The Bertz CT molecular complexity index is 1020. The number of hydrogen-bond acceptors (Lipinski definition) is 4. The monoisotopic (exact) mass is 364 g/mol. The Morgan fingerprint density at radius 3 is 2.85 bits per heavy atom.